The van der Waals surface area contributed by atoms with Crippen LogP contribution in [0.3, 0.4) is 0 Å². The van der Waals surface area contributed by atoms with Crippen LogP contribution in [0.4, 0.5) is 11.4 Å². The lowest BCUT2D eigenvalue weighted by molar-refractivity contribution is -0.115. The molecule has 0 atom stereocenters. The fourth-order valence-electron chi connectivity index (χ4n) is 2.70. The first kappa shape index (κ1) is 17.3. The molecule has 0 spiro atoms. The van der Waals surface area contributed by atoms with Crippen LogP contribution in [0.2, 0.25) is 5.02 Å². The van der Waals surface area contributed by atoms with Crippen LogP contribution in [0.5, 0.6) is 5.75 Å². The molecule has 25 heavy (non-hydrogen) atoms. The van der Waals surface area contributed by atoms with Gasteiger partial charge in [0.1, 0.15) is 12.4 Å². The van der Waals surface area contributed by atoms with E-state index in [1.807, 2.05) is 24.0 Å². The molecule has 0 aromatic heterocycles. The molecule has 0 fully saturated rings. The highest BCUT2D eigenvalue weighted by Crippen LogP contribution is 2.32. The number of ketones is 1. The Labute approximate surface area is 151 Å². The fraction of sp³-hybridized carbons (Fsp3) is 0.263. The van der Waals surface area contributed by atoms with Crippen molar-refractivity contribution in [1.82, 2.24) is 0 Å². The van der Waals surface area contributed by atoms with Gasteiger partial charge in [-0.3, -0.25) is 9.59 Å². The highest BCUT2D eigenvalue weighted by molar-refractivity contribution is 6.31. The first-order chi connectivity index (χ1) is 11.9. The number of halogens is 1. The van der Waals surface area contributed by atoms with Crippen LogP contribution in [0, 0.1) is 6.92 Å². The number of carbonyl (C=O) groups excluding carboxylic acids is 2. The molecule has 0 unspecified atom stereocenters. The van der Waals surface area contributed by atoms with Crippen LogP contribution in [0.15, 0.2) is 36.4 Å². The molecule has 1 heterocycles. The monoisotopic (exact) mass is 358 g/mol. The van der Waals surface area contributed by atoms with E-state index in [1.165, 1.54) is 6.92 Å². The summed E-state index contributed by atoms with van der Waals surface area (Å²) >= 11 is 6.09. The molecule has 0 saturated heterocycles. The van der Waals surface area contributed by atoms with Gasteiger partial charge in [-0.15, -0.1) is 0 Å². The zero-order valence-corrected chi connectivity index (χ0v) is 14.9. The summed E-state index contributed by atoms with van der Waals surface area (Å²) in [5.41, 5.74) is 2.97. The van der Waals surface area contributed by atoms with Crippen molar-refractivity contribution in [2.75, 3.05) is 29.9 Å². The van der Waals surface area contributed by atoms with Gasteiger partial charge in [0, 0.05) is 16.3 Å². The quantitative estimate of drug-likeness (QED) is 0.847. The van der Waals surface area contributed by atoms with E-state index in [4.69, 9.17) is 16.3 Å². The van der Waals surface area contributed by atoms with Gasteiger partial charge < -0.3 is 15.0 Å². The molecule has 6 heteroatoms. The smallest absolute Gasteiger partial charge is 0.243 e. The minimum Gasteiger partial charge on any atom is -0.490 e. The maximum Gasteiger partial charge on any atom is 0.243 e. The van der Waals surface area contributed by atoms with Gasteiger partial charge in [0.05, 0.1) is 18.8 Å². The summed E-state index contributed by atoms with van der Waals surface area (Å²) in [5, 5.41) is 3.46. The van der Waals surface area contributed by atoms with Crippen LogP contribution >= 0.6 is 11.6 Å². The summed E-state index contributed by atoms with van der Waals surface area (Å²) in [6.07, 6.45) is 0. The van der Waals surface area contributed by atoms with Crippen molar-refractivity contribution in [2.45, 2.75) is 13.8 Å². The second kappa shape index (κ2) is 7.15. The molecule has 5 nitrogen and oxygen atoms in total. The molecule has 0 radical (unpaired) electrons. The van der Waals surface area contributed by atoms with Gasteiger partial charge in [-0.1, -0.05) is 17.7 Å². The van der Waals surface area contributed by atoms with Crippen molar-refractivity contribution < 1.29 is 14.3 Å². The molecular formula is C19H19ClN2O3. The average Bonchev–Trinajstić information content (AvgIpc) is 2.58. The number of fused-ring (bicyclic) bond motifs is 1. The van der Waals surface area contributed by atoms with E-state index in [0.717, 1.165) is 11.3 Å². The zero-order valence-electron chi connectivity index (χ0n) is 14.1. The third kappa shape index (κ3) is 3.94. The van der Waals surface area contributed by atoms with E-state index in [-0.39, 0.29) is 18.2 Å². The maximum absolute atomic E-state index is 12.4. The molecule has 0 saturated carbocycles. The van der Waals surface area contributed by atoms with Crippen molar-refractivity contribution in [2.24, 2.45) is 0 Å². The molecule has 1 N–H and O–H groups in total. The first-order valence-electron chi connectivity index (χ1n) is 8.03. The number of hydrogen-bond acceptors (Lipinski definition) is 4. The lowest BCUT2D eigenvalue weighted by Gasteiger charge is -2.31. The number of Topliss-reactive ketones (excluding diaryl/α,β-unsaturated/α-hetero) is 1. The summed E-state index contributed by atoms with van der Waals surface area (Å²) in [7, 11) is 0. The number of amides is 1. The summed E-state index contributed by atoms with van der Waals surface area (Å²) in [4.78, 5) is 25.9. The van der Waals surface area contributed by atoms with E-state index in [0.29, 0.717) is 35.2 Å². The van der Waals surface area contributed by atoms with Gasteiger partial charge in [0.15, 0.2) is 5.78 Å². The number of benzene rings is 2. The largest absolute Gasteiger partial charge is 0.490 e. The second-order valence-corrected chi connectivity index (χ2v) is 6.43. The van der Waals surface area contributed by atoms with Gasteiger partial charge in [-0.25, -0.2) is 0 Å². The van der Waals surface area contributed by atoms with E-state index < -0.39 is 0 Å². The first-order valence-corrected chi connectivity index (χ1v) is 8.40. The Bertz CT molecular complexity index is 835. The molecule has 3 rings (SSSR count). The highest BCUT2D eigenvalue weighted by atomic mass is 35.5. The number of nitrogens with one attached hydrogen (secondary N) is 1. The van der Waals surface area contributed by atoms with Gasteiger partial charge in [0.25, 0.3) is 0 Å². The van der Waals surface area contributed by atoms with Crippen molar-refractivity contribution >= 4 is 34.7 Å². The molecule has 130 valence electrons. The topological polar surface area (TPSA) is 58.6 Å². The van der Waals surface area contributed by atoms with Crippen molar-refractivity contribution in [1.29, 1.82) is 0 Å². The molecule has 0 bridgehead atoms. The molecule has 1 amide bonds. The van der Waals surface area contributed by atoms with Crippen LogP contribution in [0.25, 0.3) is 0 Å². The Hall–Kier alpha value is -2.53. The zero-order chi connectivity index (χ0) is 18.0. The van der Waals surface area contributed by atoms with Gasteiger partial charge >= 0.3 is 0 Å². The number of anilines is 2. The summed E-state index contributed by atoms with van der Waals surface area (Å²) in [5.74, 6) is 0.510. The van der Waals surface area contributed by atoms with Crippen LogP contribution in [-0.4, -0.2) is 31.4 Å². The Balaban J connectivity index is 1.75. The standard InChI is InChI=1S/C19H19ClN2O3/c1-12-3-5-15(10-16(12)20)21-19(24)11-22-7-8-25-18-6-4-14(13(2)23)9-17(18)22/h3-6,9-10H,7-8,11H2,1-2H3,(H,21,24). The SMILES string of the molecule is CC(=O)c1ccc2c(c1)N(CC(=O)Nc1ccc(C)c(Cl)c1)CCO2. The normalized spacial score (nSPS) is 13.0. The van der Waals surface area contributed by atoms with Crippen LogP contribution < -0.4 is 15.0 Å². The van der Waals surface area contributed by atoms with E-state index in [1.54, 1.807) is 24.3 Å². The summed E-state index contributed by atoms with van der Waals surface area (Å²) < 4.78 is 5.62. The Morgan fingerprint density at radius 1 is 1.24 bits per heavy atom. The van der Waals surface area contributed by atoms with E-state index in [2.05, 4.69) is 5.32 Å². The fourth-order valence-corrected chi connectivity index (χ4v) is 2.88. The molecule has 1 aliphatic heterocycles. The van der Waals surface area contributed by atoms with Crippen LogP contribution in [-0.2, 0) is 4.79 Å². The van der Waals surface area contributed by atoms with Crippen molar-refractivity contribution in [3.05, 3.63) is 52.5 Å². The summed E-state index contributed by atoms with van der Waals surface area (Å²) in [6, 6.07) is 10.7. The van der Waals surface area contributed by atoms with Crippen LogP contribution in [0.1, 0.15) is 22.8 Å². The number of nitrogens with zero attached hydrogens (tertiary/aromatic N) is 1. The second-order valence-electron chi connectivity index (χ2n) is 6.02. The number of ether oxygens (including phenoxy) is 1. The minimum absolute atomic E-state index is 0.0212. The lowest BCUT2D eigenvalue weighted by Crippen LogP contribution is -2.39. The highest BCUT2D eigenvalue weighted by Gasteiger charge is 2.21. The average molecular weight is 359 g/mol. The minimum atomic E-state index is -0.152. The Kier molecular flexibility index (Phi) is 4.95. The molecular weight excluding hydrogens is 340 g/mol. The van der Waals surface area contributed by atoms with Gasteiger partial charge in [-0.2, -0.15) is 0 Å². The van der Waals surface area contributed by atoms with Gasteiger partial charge in [-0.05, 0) is 49.7 Å². The molecule has 2 aromatic rings. The maximum atomic E-state index is 12.4. The third-order valence-electron chi connectivity index (χ3n) is 4.11. The number of carbonyl (C=O) groups is 2. The van der Waals surface area contributed by atoms with E-state index >= 15 is 0 Å². The number of hydrogen-bond donors (Lipinski definition) is 1. The lowest BCUT2D eigenvalue weighted by atomic mass is 10.1. The summed E-state index contributed by atoms with van der Waals surface area (Å²) in [6.45, 7) is 4.67. The Morgan fingerprint density at radius 2 is 2.04 bits per heavy atom. The number of rotatable bonds is 4. The Morgan fingerprint density at radius 3 is 2.76 bits per heavy atom. The molecule has 0 aliphatic carbocycles. The van der Waals surface area contributed by atoms with Crippen molar-refractivity contribution in [3.63, 3.8) is 0 Å². The molecule has 1 aliphatic rings. The van der Waals surface area contributed by atoms with Crippen molar-refractivity contribution in [3.8, 4) is 5.75 Å². The predicted octanol–water partition coefficient (Wildman–Crippen LogP) is 3.69. The number of aryl methyl sites for hydroxylation is 1. The van der Waals surface area contributed by atoms with Gasteiger partial charge in [0.2, 0.25) is 5.91 Å². The third-order valence-corrected chi connectivity index (χ3v) is 4.52. The van der Waals surface area contributed by atoms with E-state index in [9.17, 15) is 9.59 Å². The molecule has 2 aromatic carbocycles. The predicted molar refractivity (Wildman–Crippen MR) is 99.0 cm³/mol.